The standard InChI is InChI=1S/C13H33N3Si/c1-8-11(4)14-17(7,15-12(5)9-2)16-13(6)10-3/h11-16H,8-10H2,1-7H3. The zero-order valence-corrected chi connectivity index (χ0v) is 13.9. The molecule has 0 fully saturated rings. The number of hydrogen-bond acceptors (Lipinski definition) is 3. The fourth-order valence-corrected chi connectivity index (χ4v) is 5.73. The van der Waals surface area contributed by atoms with Gasteiger partial charge in [0.2, 0.25) is 0 Å². The SMILES string of the molecule is CCC(C)N[Si](C)(NC(C)CC)NC(C)CC. The zero-order chi connectivity index (χ0) is 13.5. The van der Waals surface area contributed by atoms with Gasteiger partial charge in [-0.25, -0.2) is 0 Å². The molecule has 17 heavy (non-hydrogen) atoms. The first-order chi connectivity index (χ1) is 7.86. The predicted molar refractivity (Wildman–Crippen MR) is 80.3 cm³/mol. The van der Waals surface area contributed by atoms with Crippen LogP contribution in [0.25, 0.3) is 0 Å². The fourth-order valence-electron chi connectivity index (χ4n) is 1.91. The van der Waals surface area contributed by atoms with Gasteiger partial charge in [-0.05, 0) is 43.9 Å². The summed E-state index contributed by atoms with van der Waals surface area (Å²) >= 11 is 0. The molecule has 0 aliphatic rings. The lowest BCUT2D eigenvalue weighted by Gasteiger charge is -2.37. The molecule has 0 aromatic heterocycles. The number of rotatable bonds is 9. The molecule has 104 valence electrons. The highest BCUT2D eigenvalue weighted by Crippen LogP contribution is 2.02. The Labute approximate surface area is 109 Å². The summed E-state index contributed by atoms with van der Waals surface area (Å²) in [6, 6.07) is 1.71. The number of nitrogens with one attached hydrogen (secondary N) is 3. The highest BCUT2D eigenvalue weighted by molar-refractivity contribution is 6.71. The van der Waals surface area contributed by atoms with E-state index in [-0.39, 0.29) is 0 Å². The van der Waals surface area contributed by atoms with Crippen LogP contribution in [-0.2, 0) is 0 Å². The summed E-state index contributed by atoms with van der Waals surface area (Å²) in [5.41, 5.74) is 0. The van der Waals surface area contributed by atoms with Crippen LogP contribution in [0.2, 0.25) is 6.55 Å². The van der Waals surface area contributed by atoms with Crippen LogP contribution in [0.1, 0.15) is 60.8 Å². The van der Waals surface area contributed by atoms with Gasteiger partial charge in [-0.3, -0.25) is 0 Å². The number of hydrogen-bond donors (Lipinski definition) is 3. The van der Waals surface area contributed by atoms with Gasteiger partial charge < -0.3 is 14.9 Å². The summed E-state index contributed by atoms with van der Waals surface area (Å²) in [6.45, 7) is 15.8. The van der Waals surface area contributed by atoms with Crippen LogP contribution in [-0.4, -0.2) is 26.7 Å². The molecule has 3 unspecified atom stereocenters. The molecule has 4 heteroatoms. The van der Waals surface area contributed by atoms with E-state index in [4.69, 9.17) is 0 Å². The Morgan fingerprint density at radius 2 is 0.941 bits per heavy atom. The van der Waals surface area contributed by atoms with Gasteiger partial charge in [0.1, 0.15) is 0 Å². The van der Waals surface area contributed by atoms with Gasteiger partial charge in [-0.2, -0.15) is 0 Å². The molecule has 3 atom stereocenters. The summed E-state index contributed by atoms with van der Waals surface area (Å²) in [4.78, 5) is 11.4. The molecule has 3 N–H and O–H groups in total. The van der Waals surface area contributed by atoms with Crippen molar-refractivity contribution in [2.45, 2.75) is 85.5 Å². The first-order valence-electron chi connectivity index (χ1n) is 7.19. The second kappa shape index (κ2) is 8.24. The summed E-state index contributed by atoms with van der Waals surface area (Å²) in [7, 11) is -1.75. The van der Waals surface area contributed by atoms with Crippen molar-refractivity contribution in [3.05, 3.63) is 0 Å². The van der Waals surface area contributed by atoms with Crippen LogP contribution in [0, 0.1) is 0 Å². The van der Waals surface area contributed by atoms with E-state index in [1.54, 1.807) is 0 Å². The summed E-state index contributed by atoms with van der Waals surface area (Å²) < 4.78 is 0. The molecule has 0 bridgehead atoms. The molecule has 3 nitrogen and oxygen atoms in total. The monoisotopic (exact) mass is 259 g/mol. The van der Waals surface area contributed by atoms with Crippen molar-refractivity contribution in [2.75, 3.05) is 0 Å². The molecule has 0 amide bonds. The molecule has 0 aromatic carbocycles. The first kappa shape index (κ1) is 17.1. The zero-order valence-electron chi connectivity index (χ0n) is 12.9. The quantitative estimate of drug-likeness (QED) is 0.557. The van der Waals surface area contributed by atoms with Crippen LogP contribution < -0.4 is 14.9 Å². The topological polar surface area (TPSA) is 36.1 Å². The molecule has 0 saturated heterocycles. The maximum absolute atomic E-state index is 3.79. The third-order valence-corrected chi connectivity index (χ3v) is 6.65. The third-order valence-electron chi connectivity index (χ3n) is 3.44. The van der Waals surface area contributed by atoms with Gasteiger partial charge in [0, 0.05) is 0 Å². The lowest BCUT2D eigenvalue weighted by molar-refractivity contribution is 0.540. The minimum Gasteiger partial charge on any atom is -0.311 e. The summed E-state index contributed by atoms with van der Waals surface area (Å²) in [6.07, 6.45) is 3.52. The van der Waals surface area contributed by atoms with E-state index in [1.165, 1.54) is 19.3 Å². The normalized spacial score (nSPS) is 20.6. The highest BCUT2D eigenvalue weighted by atomic mass is 28.4. The minimum absolute atomic E-state index is 0.569. The largest absolute Gasteiger partial charge is 0.311 e. The van der Waals surface area contributed by atoms with Crippen molar-refractivity contribution >= 4 is 8.56 Å². The second-order valence-electron chi connectivity index (χ2n) is 5.49. The highest BCUT2D eigenvalue weighted by Gasteiger charge is 2.31. The van der Waals surface area contributed by atoms with Crippen LogP contribution in [0.4, 0.5) is 0 Å². The summed E-state index contributed by atoms with van der Waals surface area (Å²) in [5.74, 6) is 0. The van der Waals surface area contributed by atoms with E-state index in [9.17, 15) is 0 Å². The van der Waals surface area contributed by atoms with Crippen LogP contribution in [0.15, 0.2) is 0 Å². The van der Waals surface area contributed by atoms with Crippen LogP contribution >= 0.6 is 0 Å². The van der Waals surface area contributed by atoms with Crippen molar-refractivity contribution < 1.29 is 0 Å². The summed E-state index contributed by atoms with van der Waals surface area (Å²) in [5, 5.41) is 0. The van der Waals surface area contributed by atoms with E-state index in [0.29, 0.717) is 18.1 Å². The van der Waals surface area contributed by atoms with Gasteiger partial charge >= 0.3 is 0 Å². The fraction of sp³-hybridized carbons (Fsp3) is 1.00. The van der Waals surface area contributed by atoms with Gasteiger partial charge in [0.15, 0.2) is 0 Å². The molecule has 0 rings (SSSR count). The molecule has 0 radical (unpaired) electrons. The van der Waals surface area contributed by atoms with E-state index in [2.05, 4.69) is 63.0 Å². The van der Waals surface area contributed by atoms with Crippen molar-refractivity contribution in [2.24, 2.45) is 0 Å². The lowest BCUT2D eigenvalue weighted by atomic mass is 10.3. The maximum atomic E-state index is 3.79. The van der Waals surface area contributed by atoms with Crippen LogP contribution in [0.3, 0.4) is 0 Å². The van der Waals surface area contributed by atoms with Crippen molar-refractivity contribution in [1.82, 2.24) is 14.9 Å². The molecule has 0 aromatic rings. The van der Waals surface area contributed by atoms with Crippen LogP contribution in [0.5, 0.6) is 0 Å². The van der Waals surface area contributed by atoms with Gasteiger partial charge in [-0.15, -0.1) is 0 Å². The molecule has 0 heterocycles. The van der Waals surface area contributed by atoms with E-state index in [1.807, 2.05) is 0 Å². The van der Waals surface area contributed by atoms with Gasteiger partial charge in [0.05, 0.1) is 0 Å². The third kappa shape index (κ3) is 7.19. The lowest BCUT2D eigenvalue weighted by Crippen LogP contribution is -2.74. The average Bonchev–Trinajstić information content (AvgIpc) is 2.27. The Kier molecular flexibility index (Phi) is 8.29. The Morgan fingerprint density at radius 1 is 0.706 bits per heavy atom. The molecule has 0 saturated carbocycles. The van der Waals surface area contributed by atoms with E-state index < -0.39 is 8.56 Å². The molecule has 0 spiro atoms. The predicted octanol–water partition coefficient (Wildman–Crippen LogP) is 2.72. The van der Waals surface area contributed by atoms with Gasteiger partial charge in [0.25, 0.3) is 8.56 Å². The second-order valence-corrected chi connectivity index (χ2v) is 8.60. The average molecular weight is 260 g/mol. The van der Waals surface area contributed by atoms with Gasteiger partial charge in [-0.1, -0.05) is 41.5 Å². The Morgan fingerprint density at radius 3 is 1.12 bits per heavy atom. The van der Waals surface area contributed by atoms with E-state index in [0.717, 1.165) is 0 Å². The molecule has 0 aliphatic heterocycles. The Hall–Kier alpha value is 0.0969. The van der Waals surface area contributed by atoms with E-state index >= 15 is 0 Å². The molecular formula is C13H33N3Si. The Balaban J connectivity index is 4.55. The van der Waals surface area contributed by atoms with Crippen molar-refractivity contribution in [3.8, 4) is 0 Å². The smallest absolute Gasteiger partial charge is 0.278 e. The molecule has 0 aliphatic carbocycles. The van der Waals surface area contributed by atoms with Crippen molar-refractivity contribution in [1.29, 1.82) is 0 Å². The van der Waals surface area contributed by atoms with Crippen molar-refractivity contribution in [3.63, 3.8) is 0 Å². The molecular weight excluding hydrogens is 226 g/mol. The Bertz CT molecular complexity index is 168. The minimum atomic E-state index is -1.75. The maximum Gasteiger partial charge on any atom is 0.278 e. The first-order valence-corrected chi connectivity index (χ1v) is 9.69.